The molecule has 2 amide bonds. The summed E-state index contributed by atoms with van der Waals surface area (Å²) in [6.45, 7) is 2.38. The molecule has 0 radical (unpaired) electrons. The number of carbonyl (C=O) groups excluding carboxylic acids is 2. The lowest BCUT2D eigenvalue weighted by atomic mass is 10.2. The molecule has 0 aliphatic carbocycles. The number of nitrogens with one attached hydrogen (secondary N) is 3. The van der Waals surface area contributed by atoms with E-state index in [1.807, 2.05) is 31.2 Å². The van der Waals surface area contributed by atoms with Gasteiger partial charge in [-0.25, -0.2) is 0 Å². The van der Waals surface area contributed by atoms with Gasteiger partial charge in [-0.05, 0) is 37.3 Å². The molecule has 0 heterocycles. The largest absolute Gasteiger partial charge is 0.322 e. The summed E-state index contributed by atoms with van der Waals surface area (Å²) >= 11 is 5.88. The first-order valence-corrected chi connectivity index (χ1v) is 8.03. The molecule has 3 N–H and O–H groups in total. The fourth-order valence-corrected chi connectivity index (χ4v) is 2.41. The molecule has 1 atom stereocenters. The lowest BCUT2D eigenvalue weighted by Crippen LogP contribution is -3.11. The summed E-state index contributed by atoms with van der Waals surface area (Å²) in [6, 6.07) is 14.5. The molecule has 0 aromatic heterocycles. The first-order chi connectivity index (χ1) is 11.4. The molecule has 24 heavy (non-hydrogen) atoms. The van der Waals surface area contributed by atoms with Crippen molar-refractivity contribution >= 4 is 34.8 Å². The molecule has 0 aliphatic heterocycles. The van der Waals surface area contributed by atoms with Gasteiger partial charge in [-0.15, -0.1) is 0 Å². The van der Waals surface area contributed by atoms with Gasteiger partial charge in [0.15, 0.2) is 13.1 Å². The molecular weight excluding hydrogens is 326 g/mol. The topological polar surface area (TPSA) is 62.6 Å². The second-order valence-corrected chi connectivity index (χ2v) is 6.22. The van der Waals surface area contributed by atoms with E-state index in [0.29, 0.717) is 10.7 Å². The van der Waals surface area contributed by atoms with E-state index >= 15 is 0 Å². The van der Waals surface area contributed by atoms with E-state index in [-0.39, 0.29) is 24.9 Å². The molecule has 126 valence electrons. The smallest absolute Gasteiger partial charge is 0.279 e. The Morgan fingerprint density at radius 3 is 2.12 bits per heavy atom. The summed E-state index contributed by atoms with van der Waals surface area (Å²) in [5.41, 5.74) is 2.53. The van der Waals surface area contributed by atoms with Crippen molar-refractivity contribution in [2.75, 3.05) is 30.8 Å². The van der Waals surface area contributed by atoms with E-state index < -0.39 is 0 Å². The number of carbonyl (C=O) groups is 2. The van der Waals surface area contributed by atoms with Gasteiger partial charge in [-0.3, -0.25) is 9.59 Å². The number of hydrogen-bond acceptors (Lipinski definition) is 2. The molecule has 5 nitrogen and oxygen atoms in total. The molecule has 0 aliphatic rings. The third-order valence-corrected chi connectivity index (χ3v) is 3.60. The van der Waals surface area contributed by atoms with E-state index in [0.717, 1.165) is 16.2 Å². The number of aryl methyl sites for hydroxylation is 1. The molecule has 0 fully saturated rings. The van der Waals surface area contributed by atoms with E-state index in [4.69, 9.17) is 11.6 Å². The molecule has 2 aromatic carbocycles. The Morgan fingerprint density at radius 2 is 1.54 bits per heavy atom. The number of quaternary nitrogens is 1. The van der Waals surface area contributed by atoms with Gasteiger partial charge in [-0.2, -0.15) is 0 Å². The maximum atomic E-state index is 12.0. The third-order valence-electron chi connectivity index (χ3n) is 3.37. The average molecular weight is 347 g/mol. The molecule has 6 heteroatoms. The summed E-state index contributed by atoms with van der Waals surface area (Å²) in [5.74, 6) is -0.301. The van der Waals surface area contributed by atoms with Crippen molar-refractivity contribution < 1.29 is 14.5 Å². The molecule has 0 saturated heterocycles. The van der Waals surface area contributed by atoms with Crippen LogP contribution in [0, 0.1) is 6.92 Å². The number of benzene rings is 2. The minimum absolute atomic E-state index is 0.132. The Balaban J connectivity index is 1.79. The van der Waals surface area contributed by atoms with Crippen LogP contribution < -0.4 is 15.5 Å². The molecule has 2 aromatic rings. The Bertz CT molecular complexity index is 716. The van der Waals surface area contributed by atoms with Gasteiger partial charge in [0.25, 0.3) is 11.8 Å². The summed E-state index contributed by atoms with van der Waals surface area (Å²) in [5, 5.41) is 6.15. The van der Waals surface area contributed by atoms with Crippen molar-refractivity contribution in [3.63, 3.8) is 0 Å². The van der Waals surface area contributed by atoms with Gasteiger partial charge >= 0.3 is 0 Å². The number of amides is 2. The zero-order valence-electron chi connectivity index (χ0n) is 13.7. The van der Waals surface area contributed by atoms with Crippen LogP contribution in [0.4, 0.5) is 11.4 Å². The first kappa shape index (κ1) is 18.0. The van der Waals surface area contributed by atoms with Gasteiger partial charge in [-0.1, -0.05) is 35.4 Å². The first-order valence-electron chi connectivity index (χ1n) is 7.65. The highest BCUT2D eigenvalue weighted by Gasteiger charge is 2.14. The second-order valence-electron chi connectivity index (χ2n) is 5.78. The Kier molecular flexibility index (Phi) is 6.35. The van der Waals surface area contributed by atoms with Crippen LogP contribution in [-0.4, -0.2) is 32.0 Å². The monoisotopic (exact) mass is 346 g/mol. The highest BCUT2D eigenvalue weighted by molar-refractivity contribution is 6.30. The molecule has 0 spiro atoms. The van der Waals surface area contributed by atoms with Crippen LogP contribution in [0.5, 0.6) is 0 Å². The van der Waals surface area contributed by atoms with E-state index in [1.165, 1.54) is 0 Å². The standard InChI is InChI=1S/C18H20ClN3O2/c1-13-6-8-15(9-7-13)20-17(23)11-22(2)12-18(24)21-16-5-3-4-14(19)10-16/h3-10H,11-12H2,1-2H3,(H,20,23)(H,21,24)/p+1. The fraction of sp³-hybridized carbons (Fsp3) is 0.222. The van der Waals surface area contributed by atoms with Crippen LogP contribution in [-0.2, 0) is 9.59 Å². The maximum absolute atomic E-state index is 12.0. The Hall–Kier alpha value is -2.37. The van der Waals surface area contributed by atoms with Crippen LogP contribution in [0.15, 0.2) is 48.5 Å². The number of rotatable bonds is 6. The van der Waals surface area contributed by atoms with Crippen LogP contribution >= 0.6 is 11.6 Å². The van der Waals surface area contributed by atoms with Gasteiger partial charge in [0.2, 0.25) is 0 Å². The quantitative estimate of drug-likeness (QED) is 0.746. The van der Waals surface area contributed by atoms with Crippen LogP contribution in [0.3, 0.4) is 0 Å². The molecular formula is C18H21ClN3O2+. The van der Waals surface area contributed by atoms with Crippen molar-refractivity contribution in [1.82, 2.24) is 0 Å². The summed E-state index contributed by atoms with van der Waals surface area (Å²) < 4.78 is 0. The SMILES string of the molecule is Cc1ccc(NC(=O)C[NH+](C)CC(=O)Nc2cccc(Cl)c2)cc1. The highest BCUT2D eigenvalue weighted by Crippen LogP contribution is 2.14. The number of halogens is 1. The normalized spacial score (nSPS) is 11.6. The molecule has 0 bridgehead atoms. The minimum Gasteiger partial charge on any atom is -0.322 e. The third kappa shape index (κ3) is 6.02. The fourth-order valence-electron chi connectivity index (χ4n) is 2.22. The predicted molar refractivity (Wildman–Crippen MR) is 96.5 cm³/mol. The zero-order chi connectivity index (χ0) is 17.5. The summed E-state index contributed by atoms with van der Waals surface area (Å²) in [6.07, 6.45) is 0. The summed E-state index contributed by atoms with van der Waals surface area (Å²) in [7, 11) is 1.80. The molecule has 1 unspecified atom stereocenters. The number of anilines is 2. The van der Waals surface area contributed by atoms with Crippen LogP contribution in [0.2, 0.25) is 5.02 Å². The zero-order valence-corrected chi connectivity index (χ0v) is 14.5. The van der Waals surface area contributed by atoms with Crippen molar-refractivity contribution in [3.8, 4) is 0 Å². The highest BCUT2D eigenvalue weighted by atomic mass is 35.5. The van der Waals surface area contributed by atoms with E-state index in [2.05, 4.69) is 10.6 Å². The molecule has 0 saturated carbocycles. The van der Waals surface area contributed by atoms with Crippen molar-refractivity contribution in [2.24, 2.45) is 0 Å². The van der Waals surface area contributed by atoms with Crippen molar-refractivity contribution in [2.45, 2.75) is 6.92 Å². The number of likely N-dealkylation sites (N-methyl/N-ethyl adjacent to an activating group) is 1. The van der Waals surface area contributed by atoms with Crippen LogP contribution in [0.25, 0.3) is 0 Å². The van der Waals surface area contributed by atoms with Crippen molar-refractivity contribution in [1.29, 1.82) is 0 Å². The second kappa shape index (κ2) is 8.47. The average Bonchev–Trinajstić information content (AvgIpc) is 2.49. The Labute approximate surface area is 146 Å². The van der Waals surface area contributed by atoms with Gasteiger partial charge in [0.05, 0.1) is 7.05 Å². The van der Waals surface area contributed by atoms with Crippen LogP contribution in [0.1, 0.15) is 5.56 Å². The Morgan fingerprint density at radius 1 is 0.958 bits per heavy atom. The van der Waals surface area contributed by atoms with Gasteiger partial charge < -0.3 is 15.5 Å². The summed E-state index contributed by atoms with van der Waals surface area (Å²) in [4.78, 5) is 24.8. The molecule has 2 rings (SSSR count). The van der Waals surface area contributed by atoms with E-state index in [9.17, 15) is 9.59 Å². The van der Waals surface area contributed by atoms with Gasteiger partial charge in [0, 0.05) is 16.4 Å². The van der Waals surface area contributed by atoms with E-state index in [1.54, 1.807) is 31.3 Å². The number of hydrogen-bond donors (Lipinski definition) is 3. The van der Waals surface area contributed by atoms with Gasteiger partial charge in [0.1, 0.15) is 0 Å². The maximum Gasteiger partial charge on any atom is 0.279 e. The lowest BCUT2D eigenvalue weighted by Gasteiger charge is -2.14. The lowest BCUT2D eigenvalue weighted by molar-refractivity contribution is -0.862. The predicted octanol–water partition coefficient (Wildman–Crippen LogP) is 1.74. The van der Waals surface area contributed by atoms with Crippen molar-refractivity contribution in [3.05, 3.63) is 59.1 Å². The minimum atomic E-state index is -0.169.